The van der Waals surface area contributed by atoms with Gasteiger partial charge in [-0.3, -0.25) is 4.79 Å². The first-order chi connectivity index (χ1) is 6.24. The number of carbonyl (C=O) groups is 1. The van der Waals surface area contributed by atoms with E-state index in [1.54, 1.807) is 0 Å². The summed E-state index contributed by atoms with van der Waals surface area (Å²) < 4.78 is 0. The monoisotopic (exact) mass is 181 g/mol. The van der Waals surface area contributed by atoms with Gasteiger partial charge >= 0.3 is 0 Å². The lowest BCUT2D eigenvalue weighted by molar-refractivity contribution is -0.123. The zero-order valence-electron chi connectivity index (χ0n) is 7.62. The van der Waals surface area contributed by atoms with Gasteiger partial charge in [0.1, 0.15) is 0 Å². The highest BCUT2D eigenvalue weighted by molar-refractivity contribution is 5.82. The van der Waals surface area contributed by atoms with E-state index in [-0.39, 0.29) is 24.5 Å². The molecule has 3 atom stereocenters. The number of nitrogens with one attached hydrogen (secondary N) is 1. The summed E-state index contributed by atoms with van der Waals surface area (Å²) in [6, 6.07) is 0.0532. The summed E-state index contributed by atoms with van der Waals surface area (Å²) in [6.07, 6.45) is 4.87. The number of fused-ring (bicyclic) bond motifs is 1. The number of hydrogen-bond acceptors (Lipinski definition) is 2. The maximum absolute atomic E-state index is 11.5. The topological polar surface area (TPSA) is 49.3 Å². The Balaban J connectivity index is 1.84. The Morgan fingerprint density at radius 3 is 2.85 bits per heavy atom. The molecule has 1 saturated heterocycles. The lowest BCUT2D eigenvalue weighted by Gasteiger charge is -2.15. The lowest BCUT2D eigenvalue weighted by Crippen LogP contribution is -2.33. The predicted molar refractivity (Wildman–Crippen MR) is 46.9 cm³/mol. The number of carbonyl (C=O) groups excluding carboxylic acids is 1. The van der Waals surface area contributed by atoms with Gasteiger partial charge in [0, 0.05) is 5.92 Å². The molecule has 3 aliphatic rings. The van der Waals surface area contributed by atoms with Crippen molar-refractivity contribution in [3.63, 3.8) is 0 Å². The minimum absolute atomic E-state index is 0.0532. The molecule has 3 nitrogen and oxygen atoms in total. The minimum Gasteiger partial charge on any atom is -0.394 e. The third-order valence-electron chi connectivity index (χ3n) is 4.17. The Labute approximate surface area is 77.5 Å². The van der Waals surface area contributed by atoms with Gasteiger partial charge in [0.2, 0.25) is 5.91 Å². The van der Waals surface area contributed by atoms with Crippen molar-refractivity contribution in [1.29, 1.82) is 0 Å². The van der Waals surface area contributed by atoms with Crippen LogP contribution in [0.3, 0.4) is 0 Å². The highest BCUT2D eigenvalue weighted by atomic mass is 16.3. The lowest BCUT2D eigenvalue weighted by atomic mass is 9.94. The molecular weight excluding hydrogens is 166 g/mol. The highest BCUT2D eigenvalue weighted by Crippen LogP contribution is 2.63. The molecule has 3 heteroatoms. The zero-order chi connectivity index (χ0) is 9.05. The number of amides is 1. The van der Waals surface area contributed by atoms with E-state index in [9.17, 15) is 4.79 Å². The van der Waals surface area contributed by atoms with E-state index in [0.717, 1.165) is 6.42 Å². The van der Waals surface area contributed by atoms with Gasteiger partial charge < -0.3 is 10.4 Å². The molecule has 0 aromatic carbocycles. The van der Waals surface area contributed by atoms with E-state index in [1.807, 2.05) is 0 Å². The van der Waals surface area contributed by atoms with Gasteiger partial charge in [-0.1, -0.05) is 0 Å². The molecule has 2 aliphatic carbocycles. The Hall–Kier alpha value is -0.570. The van der Waals surface area contributed by atoms with Gasteiger partial charge in [-0.25, -0.2) is 0 Å². The van der Waals surface area contributed by atoms with Crippen molar-refractivity contribution in [2.24, 2.45) is 17.3 Å². The van der Waals surface area contributed by atoms with E-state index in [4.69, 9.17) is 5.11 Å². The first-order valence-electron chi connectivity index (χ1n) is 5.15. The van der Waals surface area contributed by atoms with Crippen LogP contribution in [0.5, 0.6) is 0 Å². The molecule has 0 unspecified atom stereocenters. The molecule has 0 radical (unpaired) electrons. The Kier molecular flexibility index (Phi) is 1.36. The van der Waals surface area contributed by atoms with Crippen molar-refractivity contribution in [3.05, 3.63) is 0 Å². The summed E-state index contributed by atoms with van der Waals surface area (Å²) in [5.41, 5.74) is 0.528. The van der Waals surface area contributed by atoms with Crippen LogP contribution in [0.1, 0.15) is 25.7 Å². The largest absolute Gasteiger partial charge is 0.394 e. The summed E-state index contributed by atoms with van der Waals surface area (Å²) in [6.45, 7) is 0.114. The van der Waals surface area contributed by atoms with E-state index < -0.39 is 0 Å². The Morgan fingerprint density at radius 2 is 2.23 bits per heavy atom. The van der Waals surface area contributed by atoms with Crippen LogP contribution in [0, 0.1) is 17.3 Å². The van der Waals surface area contributed by atoms with Crippen molar-refractivity contribution in [2.75, 3.05) is 6.61 Å². The van der Waals surface area contributed by atoms with Crippen molar-refractivity contribution < 1.29 is 9.90 Å². The van der Waals surface area contributed by atoms with Crippen molar-refractivity contribution in [1.82, 2.24) is 5.32 Å². The van der Waals surface area contributed by atoms with Gasteiger partial charge in [0.25, 0.3) is 0 Å². The molecule has 1 aliphatic heterocycles. The van der Waals surface area contributed by atoms with Gasteiger partial charge in [-0.05, 0) is 37.0 Å². The summed E-state index contributed by atoms with van der Waals surface area (Å²) in [4.78, 5) is 11.5. The van der Waals surface area contributed by atoms with Crippen molar-refractivity contribution in [2.45, 2.75) is 31.7 Å². The molecule has 0 aromatic heterocycles. The van der Waals surface area contributed by atoms with E-state index in [0.29, 0.717) is 11.3 Å². The van der Waals surface area contributed by atoms with Crippen LogP contribution in [0.2, 0.25) is 0 Å². The highest BCUT2D eigenvalue weighted by Gasteiger charge is 2.58. The second-order valence-electron chi connectivity index (χ2n) is 4.98. The number of rotatable bonds is 1. The second kappa shape index (κ2) is 2.27. The standard InChI is InChI=1S/C10H15NO2/c12-5-8-6-3-10(1-2-10)4-7(6)9(13)11-8/h6-8,12H,1-5H2,(H,11,13)/t6-,7+,8+/m0/s1. The van der Waals surface area contributed by atoms with Crippen LogP contribution < -0.4 is 5.32 Å². The number of hydrogen-bond donors (Lipinski definition) is 2. The summed E-state index contributed by atoms with van der Waals surface area (Å²) >= 11 is 0. The minimum atomic E-state index is 0.0532. The molecule has 1 spiro atoms. The predicted octanol–water partition coefficient (Wildman–Crippen LogP) is 0.283. The second-order valence-corrected chi connectivity index (χ2v) is 4.98. The number of aliphatic hydroxyl groups excluding tert-OH is 1. The fourth-order valence-electron chi connectivity index (χ4n) is 3.22. The van der Waals surface area contributed by atoms with Gasteiger partial charge in [0.05, 0.1) is 12.6 Å². The van der Waals surface area contributed by atoms with Crippen LogP contribution in [0.25, 0.3) is 0 Å². The van der Waals surface area contributed by atoms with Crippen molar-refractivity contribution >= 4 is 5.91 Å². The fourth-order valence-corrected chi connectivity index (χ4v) is 3.22. The maximum atomic E-state index is 11.5. The van der Waals surface area contributed by atoms with E-state index >= 15 is 0 Å². The molecule has 13 heavy (non-hydrogen) atoms. The first kappa shape index (κ1) is 7.80. The molecule has 1 amide bonds. The first-order valence-corrected chi connectivity index (χ1v) is 5.15. The maximum Gasteiger partial charge on any atom is 0.223 e. The zero-order valence-corrected chi connectivity index (χ0v) is 7.62. The molecule has 1 heterocycles. The smallest absolute Gasteiger partial charge is 0.223 e. The van der Waals surface area contributed by atoms with Gasteiger partial charge in [-0.2, -0.15) is 0 Å². The van der Waals surface area contributed by atoms with Gasteiger partial charge in [0.15, 0.2) is 0 Å². The normalized spacial score (nSPS) is 45.0. The Bertz CT molecular complexity index is 260. The summed E-state index contributed by atoms with van der Waals surface area (Å²) in [5.74, 6) is 0.840. The quantitative estimate of drug-likeness (QED) is 0.610. The van der Waals surface area contributed by atoms with Crippen molar-refractivity contribution in [3.8, 4) is 0 Å². The average Bonchev–Trinajstić information content (AvgIpc) is 2.64. The fraction of sp³-hybridized carbons (Fsp3) is 0.900. The third kappa shape index (κ3) is 0.966. The van der Waals surface area contributed by atoms with Crippen LogP contribution in [-0.4, -0.2) is 23.7 Å². The molecule has 2 N–H and O–H groups in total. The Morgan fingerprint density at radius 1 is 1.46 bits per heavy atom. The van der Waals surface area contributed by atoms with E-state index in [1.165, 1.54) is 19.3 Å². The van der Waals surface area contributed by atoms with Gasteiger partial charge in [-0.15, -0.1) is 0 Å². The molecule has 72 valence electrons. The van der Waals surface area contributed by atoms with Crippen LogP contribution in [0.4, 0.5) is 0 Å². The molecular formula is C10H15NO2. The molecule has 0 bridgehead atoms. The average molecular weight is 181 g/mol. The van der Waals surface area contributed by atoms with E-state index in [2.05, 4.69) is 5.32 Å². The summed E-state index contributed by atoms with van der Waals surface area (Å²) in [7, 11) is 0. The van der Waals surface area contributed by atoms with Crippen LogP contribution >= 0.6 is 0 Å². The third-order valence-corrected chi connectivity index (χ3v) is 4.17. The molecule has 3 rings (SSSR count). The summed E-state index contributed by atoms with van der Waals surface area (Å²) in [5, 5.41) is 12.0. The molecule has 0 aromatic rings. The molecule has 2 saturated carbocycles. The number of aliphatic hydroxyl groups is 1. The van der Waals surface area contributed by atoms with Crippen LogP contribution in [0.15, 0.2) is 0 Å². The van der Waals surface area contributed by atoms with Crippen LogP contribution in [-0.2, 0) is 4.79 Å². The SMILES string of the molecule is O=C1N[C@H](CO)[C@H]2CC3(CC3)C[C@@H]12. The molecule has 3 fully saturated rings.